The van der Waals surface area contributed by atoms with Crippen LogP contribution in [0.15, 0.2) is 64.3 Å². The predicted octanol–water partition coefficient (Wildman–Crippen LogP) is 3.76. The lowest BCUT2D eigenvalue weighted by atomic mass is 10.1. The Morgan fingerprint density at radius 1 is 1.15 bits per heavy atom. The molecule has 0 saturated carbocycles. The molecule has 1 aromatic carbocycles. The molecule has 1 N–H and O–H groups in total. The van der Waals surface area contributed by atoms with Gasteiger partial charge in [0.15, 0.2) is 0 Å². The van der Waals surface area contributed by atoms with Crippen molar-refractivity contribution < 1.29 is 9.84 Å². The lowest BCUT2D eigenvalue weighted by Crippen LogP contribution is -2.29. The van der Waals surface area contributed by atoms with Crippen molar-refractivity contribution in [3.05, 3.63) is 74.8 Å². The number of thiophene rings is 2. The van der Waals surface area contributed by atoms with Crippen LogP contribution in [-0.4, -0.2) is 27.4 Å². The second-order valence-corrected chi connectivity index (χ2v) is 8.04. The van der Waals surface area contributed by atoms with Gasteiger partial charge in [-0.3, -0.25) is 9.36 Å². The Balaban J connectivity index is 1.52. The summed E-state index contributed by atoms with van der Waals surface area (Å²) in [5, 5.41) is 14.8. The summed E-state index contributed by atoms with van der Waals surface area (Å²) in [5.74, 6) is 0. The molecule has 0 spiro atoms. The molecule has 7 heteroatoms. The van der Waals surface area contributed by atoms with Crippen LogP contribution in [0.4, 0.5) is 0 Å². The SMILES string of the molecule is O=c1c2c(-c3ccccc3)csc2ncn1CC(O)COCc1cccs1. The van der Waals surface area contributed by atoms with E-state index in [1.54, 1.807) is 11.3 Å². The maximum absolute atomic E-state index is 13.0. The van der Waals surface area contributed by atoms with E-state index in [2.05, 4.69) is 4.98 Å². The average molecular weight is 399 g/mol. The third-order valence-corrected chi connectivity index (χ3v) is 5.92. The molecule has 1 atom stereocenters. The minimum absolute atomic E-state index is 0.141. The first kappa shape index (κ1) is 18.1. The van der Waals surface area contributed by atoms with Crippen LogP contribution in [0.3, 0.4) is 0 Å². The highest BCUT2D eigenvalue weighted by molar-refractivity contribution is 7.17. The molecule has 0 fully saturated rings. The van der Waals surface area contributed by atoms with Gasteiger partial charge in [-0.2, -0.15) is 0 Å². The van der Waals surface area contributed by atoms with Crippen molar-refractivity contribution in [3.8, 4) is 11.1 Å². The third-order valence-electron chi connectivity index (χ3n) is 4.19. The van der Waals surface area contributed by atoms with Gasteiger partial charge in [0, 0.05) is 15.8 Å². The summed E-state index contributed by atoms with van der Waals surface area (Å²) in [4.78, 5) is 19.2. The van der Waals surface area contributed by atoms with Crippen LogP contribution < -0.4 is 5.56 Å². The van der Waals surface area contributed by atoms with Crippen LogP contribution in [0.5, 0.6) is 0 Å². The maximum atomic E-state index is 13.0. The van der Waals surface area contributed by atoms with Crippen LogP contribution in [0.1, 0.15) is 4.88 Å². The average Bonchev–Trinajstić information content (AvgIpc) is 3.35. The molecule has 0 aliphatic rings. The number of hydrogen-bond donors (Lipinski definition) is 1. The number of ether oxygens (including phenoxy) is 1. The predicted molar refractivity (Wildman–Crippen MR) is 109 cm³/mol. The standard InChI is InChI=1S/C20H18N2O3S2/c23-15(10-25-11-16-7-4-8-26-16)9-22-13-21-19-18(20(22)24)17(12-27-19)14-5-2-1-3-6-14/h1-8,12-13,15,23H,9-11H2. The molecular weight excluding hydrogens is 380 g/mol. The second-order valence-electron chi connectivity index (χ2n) is 6.15. The molecule has 0 aliphatic heterocycles. The van der Waals surface area contributed by atoms with Crippen LogP contribution >= 0.6 is 22.7 Å². The first-order valence-corrected chi connectivity index (χ1v) is 10.3. The molecule has 0 saturated heterocycles. The summed E-state index contributed by atoms with van der Waals surface area (Å²) in [6.07, 6.45) is 0.721. The summed E-state index contributed by atoms with van der Waals surface area (Å²) >= 11 is 3.06. The lowest BCUT2D eigenvalue weighted by Gasteiger charge is -2.13. The smallest absolute Gasteiger partial charge is 0.262 e. The van der Waals surface area contributed by atoms with Crippen molar-refractivity contribution in [2.75, 3.05) is 6.61 Å². The fourth-order valence-electron chi connectivity index (χ4n) is 2.90. The molecule has 4 aromatic rings. The van der Waals surface area contributed by atoms with Gasteiger partial charge in [-0.05, 0) is 17.0 Å². The Labute approximate surface area is 164 Å². The Morgan fingerprint density at radius 2 is 2.00 bits per heavy atom. The monoisotopic (exact) mass is 398 g/mol. The fraction of sp³-hybridized carbons (Fsp3) is 0.200. The molecule has 3 heterocycles. The molecule has 5 nitrogen and oxygen atoms in total. The molecule has 0 bridgehead atoms. The number of hydrogen-bond acceptors (Lipinski definition) is 6. The zero-order valence-electron chi connectivity index (χ0n) is 14.4. The first-order valence-electron chi connectivity index (χ1n) is 8.52. The normalized spacial score (nSPS) is 12.5. The highest BCUT2D eigenvalue weighted by Gasteiger charge is 2.15. The minimum Gasteiger partial charge on any atom is -0.389 e. The fourth-order valence-corrected chi connectivity index (χ4v) is 4.44. The molecule has 1 unspecified atom stereocenters. The molecule has 138 valence electrons. The van der Waals surface area contributed by atoms with Crippen molar-refractivity contribution in [3.63, 3.8) is 0 Å². The van der Waals surface area contributed by atoms with Gasteiger partial charge in [-0.25, -0.2) is 4.98 Å². The van der Waals surface area contributed by atoms with Crippen molar-refractivity contribution in [1.29, 1.82) is 0 Å². The number of rotatable bonds is 7. The van der Waals surface area contributed by atoms with Gasteiger partial charge in [0.25, 0.3) is 5.56 Å². The largest absolute Gasteiger partial charge is 0.389 e. The van der Waals surface area contributed by atoms with Gasteiger partial charge in [0.2, 0.25) is 0 Å². The van der Waals surface area contributed by atoms with Crippen LogP contribution in [0.25, 0.3) is 21.3 Å². The number of nitrogens with zero attached hydrogens (tertiary/aromatic N) is 2. The van der Waals surface area contributed by atoms with Gasteiger partial charge in [0.1, 0.15) is 4.83 Å². The Morgan fingerprint density at radius 3 is 2.78 bits per heavy atom. The van der Waals surface area contributed by atoms with E-state index in [1.165, 1.54) is 22.2 Å². The van der Waals surface area contributed by atoms with Crippen molar-refractivity contribution in [2.45, 2.75) is 19.3 Å². The van der Waals surface area contributed by atoms with Gasteiger partial charge in [-0.1, -0.05) is 36.4 Å². The molecular formula is C20H18N2O3S2. The second kappa shape index (κ2) is 8.14. The summed E-state index contributed by atoms with van der Waals surface area (Å²) in [6.45, 7) is 0.775. The number of fused-ring (bicyclic) bond motifs is 1. The molecule has 0 radical (unpaired) electrons. The molecule has 4 rings (SSSR count). The quantitative estimate of drug-likeness (QED) is 0.515. The molecule has 27 heavy (non-hydrogen) atoms. The molecule has 0 aliphatic carbocycles. The van der Waals surface area contributed by atoms with E-state index < -0.39 is 6.10 Å². The van der Waals surface area contributed by atoms with Gasteiger partial charge in [0.05, 0.1) is 37.6 Å². The summed E-state index contributed by atoms with van der Waals surface area (Å²) in [5.41, 5.74) is 1.73. The number of aromatic nitrogens is 2. The highest BCUT2D eigenvalue weighted by Crippen LogP contribution is 2.30. The van der Waals surface area contributed by atoms with Crippen LogP contribution in [0, 0.1) is 0 Å². The van der Waals surface area contributed by atoms with Crippen molar-refractivity contribution in [1.82, 2.24) is 9.55 Å². The van der Waals surface area contributed by atoms with Gasteiger partial charge < -0.3 is 9.84 Å². The topological polar surface area (TPSA) is 64.4 Å². The Kier molecular flexibility index (Phi) is 5.45. The van der Waals surface area contributed by atoms with Gasteiger partial charge in [-0.15, -0.1) is 22.7 Å². The molecule has 0 amide bonds. The number of aliphatic hydroxyl groups excluding tert-OH is 1. The molecule has 3 aromatic heterocycles. The Hall–Kier alpha value is -2.32. The third kappa shape index (κ3) is 4.01. The van der Waals surface area contributed by atoms with Gasteiger partial charge >= 0.3 is 0 Å². The van der Waals surface area contributed by atoms with Crippen molar-refractivity contribution in [2.24, 2.45) is 0 Å². The summed E-state index contributed by atoms with van der Waals surface area (Å²) in [7, 11) is 0. The van der Waals surface area contributed by atoms with E-state index in [4.69, 9.17) is 4.74 Å². The van der Waals surface area contributed by atoms with Crippen LogP contribution in [0.2, 0.25) is 0 Å². The zero-order chi connectivity index (χ0) is 18.6. The van der Waals surface area contributed by atoms with E-state index in [-0.39, 0.29) is 18.7 Å². The highest BCUT2D eigenvalue weighted by atomic mass is 32.1. The number of benzene rings is 1. The first-order chi connectivity index (χ1) is 13.2. The Bertz CT molecular complexity index is 1070. The summed E-state index contributed by atoms with van der Waals surface area (Å²) < 4.78 is 7.00. The zero-order valence-corrected chi connectivity index (χ0v) is 16.1. The van der Waals surface area contributed by atoms with E-state index in [9.17, 15) is 9.90 Å². The van der Waals surface area contributed by atoms with Crippen molar-refractivity contribution >= 4 is 32.9 Å². The lowest BCUT2D eigenvalue weighted by molar-refractivity contribution is 0.0207. The summed E-state index contributed by atoms with van der Waals surface area (Å²) in [6, 6.07) is 13.7. The number of aliphatic hydroxyl groups is 1. The van der Waals surface area contributed by atoms with Crippen LogP contribution in [-0.2, 0) is 17.9 Å². The van der Waals surface area contributed by atoms with E-state index in [0.29, 0.717) is 16.8 Å². The van der Waals surface area contributed by atoms with E-state index >= 15 is 0 Å². The maximum Gasteiger partial charge on any atom is 0.262 e. The minimum atomic E-state index is -0.777. The van der Waals surface area contributed by atoms with E-state index in [1.807, 2.05) is 53.2 Å². The van der Waals surface area contributed by atoms with E-state index in [0.717, 1.165) is 16.0 Å².